The molecule has 0 aliphatic carbocycles. The van der Waals surface area contributed by atoms with Gasteiger partial charge in [0.2, 0.25) is 5.91 Å². The van der Waals surface area contributed by atoms with Gasteiger partial charge < -0.3 is 15.6 Å². The SMILES string of the molecule is Cc1cc(OC(F)(F)F)cc(/C=C\C(N)=O)c1O. The molecule has 3 N–H and O–H groups in total. The van der Waals surface area contributed by atoms with Crippen molar-refractivity contribution in [3.63, 3.8) is 0 Å². The highest BCUT2D eigenvalue weighted by Crippen LogP contribution is 2.31. The Morgan fingerprint density at radius 1 is 1.44 bits per heavy atom. The maximum Gasteiger partial charge on any atom is 0.573 e. The van der Waals surface area contributed by atoms with Gasteiger partial charge in [-0.25, -0.2) is 0 Å². The first-order valence-electron chi connectivity index (χ1n) is 4.76. The normalized spacial score (nSPS) is 11.8. The Hall–Kier alpha value is -2.18. The quantitative estimate of drug-likeness (QED) is 0.818. The van der Waals surface area contributed by atoms with Crippen molar-refractivity contribution in [3.8, 4) is 11.5 Å². The van der Waals surface area contributed by atoms with Gasteiger partial charge >= 0.3 is 6.36 Å². The number of benzene rings is 1. The molecule has 1 rings (SSSR count). The van der Waals surface area contributed by atoms with Gasteiger partial charge in [0.1, 0.15) is 11.5 Å². The minimum absolute atomic E-state index is 0.00745. The molecular weight excluding hydrogens is 251 g/mol. The van der Waals surface area contributed by atoms with Crippen LogP contribution in [0, 0.1) is 6.92 Å². The van der Waals surface area contributed by atoms with E-state index in [1.165, 1.54) is 6.92 Å². The Bertz CT molecular complexity index is 495. The van der Waals surface area contributed by atoms with Crippen molar-refractivity contribution < 1.29 is 27.8 Å². The molecule has 1 aromatic rings. The second-order valence-corrected chi connectivity index (χ2v) is 3.46. The minimum Gasteiger partial charge on any atom is -0.507 e. The van der Waals surface area contributed by atoms with Gasteiger partial charge in [-0.15, -0.1) is 13.2 Å². The van der Waals surface area contributed by atoms with Gasteiger partial charge in [0.15, 0.2) is 0 Å². The van der Waals surface area contributed by atoms with Gasteiger partial charge in [-0.3, -0.25) is 4.79 Å². The first kappa shape index (κ1) is 13.9. The zero-order valence-electron chi connectivity index (χ0n) is 9.28. The molecule has 0 aromatic heterocycles. The van der Waals surface area contributed by atoms with Crippen molar-refractivity contribution in [2.75, 3.05) is 0 Å². The number of aromatic hydroxyl groups is 1. The van der Waals surface area contributed by atoms with Gasteiger partial charge in [-0.2, -0.15) is 0 Å². The van der Waals surface area contributed by atoms with E-state index in [-0.39, 0.29) is 16.9 Å². The maximum atomic E-state index is 12.0. The lowest BCUT2D eigenvalue weighted by atomic mass is 10.1. The molecule has 0 radical (unpaired) electrons. The largest absolute Gasteiger partial charge is 0.573 e. The van der Waals surface area contributed by atoms with Crippen LogP contribution in [0.4, 0.5) is 13.2 Å². The van der Waals surface area contributed by atoms with Crippen molar-refractivity contribution in [1.82, 2.24) is 0 Å². The van der Waals surface area contributed by atoms with Gasteiger partial charge in [0.25, 0.3) is 0 Å². The number of aryl methyl sites for hydroxylation is 1. The number of amides is 1. The van der Waals surface area contributed by atoms with E-state index in [9.17, 15) is 23.1 Å². The molecule has 1 aromatic carbocycles. The molecular formula is C11H10F3NO3. The highest BCUT2D eigenvalue weighted by molar-refractivity contribution is 5.90. The number of hydrogen-bond donors (Lipinski definition) is 2. The molecule has 0 bridgehead atoms. The van der Waals surface area contributed by atoms with Crippen LogP contribution in [0.2, 0.25) is 0 Å². The van der Waals surface area contributed by atoms with Crippen LogP contribution in [0.15, 0.2) is 18.2 Å². The molecule has 18 heavy (non-hydrogen) atoms. The first-order valence-corrected chi connectivity index (χ1v) is 4.76. The lowest BCUT2D eigenvalue weighted by Gasteiger charge is -2.11. The summed E-state index contributed by atoms with van der Waals surface area (Å²) >= 11 is 0. The number of carbonyl (C=O) groups is 1. The number of phenols is 1. The number of nitrogens with two attached hydrogens (primary N) is 1. The number of phenolic OH excluding ortho intramolecular Hbond substituents is 1. The van der Waals surface area contributed by atoms with Gasteiger partial charge in [-0.1, -0.05) is 0 Å². The number of rotatable bonds is 3. The predicted molar refractivity (Wildman–Crippen MR) is 57.8 cm³/mol. The molecule has 0 saturated carbocycles. The van der Waals surface area contributed by atoms with Crippen molar-refractivity contribution in [3.05, 3.63) is 29.3 Å². The smallest absolute Gasteiger partial charge is 0.507 e. The Labute approximate surface area is 100 Å². The second-order valence-electron chi connectivity index (χ2n) is 3.46. The molecule has 1 amide bonds. The fourth-order valence-electron chi connectivity index (χ4n) is 1.26. The fraction of sp³-hybridized carbons (Fsp3) is 0.182. The van der Waals surface area contributed by atoms with Crippen molar-refractivity contribution in [2.24, 2.45) is 5.73 Å². The number of hydrogen-bond acceptors (Lipinski definition) is 3. The molecule has 0 unspecified atom stereocenters. The minimum atomic E-state index is -4.83. The molecule has 0 aliphatic rings. The van der Waals surface area contributed by atoms with Crippen molar-refractivity contribution in [1.29, 1.82) is 0 Å². The highest BCUT2D eigenvalue weighted by Gasteiger charge is 2.31. The van der Waals surface area contributed by atoms with E-state index in [0.717, 1.165) is 24.3 Å². The predicted octanol–water partition coefficient (Wildman–Crippen LogP) is 2.10. The van der Waals surface area contributed by atoms with Gasteiger partial charge in [-0.05, 0) is 30.7 Å². The Morgan fingerprint density at radius 3 is 2.56 bits per heavy atom. The summed E-state index contributed by atoms with van der Waals surface area (Å²) < 4.78 is 39.9. The molecule has 0 fully saturated rings. The number of alkyl halides is 3. The Kier molecular flexibility index (Phi) is 3.85. The van der Waals surface area contributed by atoms with E-state index in [1.807, 2.05) is 0 Å². The van der Waals surface area contributed by atoms with Gasteiger partial charge in [0, 0.05) is 11.6 Å². The second kappa shape index (κ2) is 4.99. The standard InChI is InChI=1S/C11H10F3NO3/c1-6-4-8(18-11(12,13)14)5-7(10(6)17)2-3-9(15)16/h2-5,17H,1H3,(H2,15,16)/b3-2-. The van der Waals surface area contributed by atoms with Crippen molar-refractivity contribution >= 4 is 12.0 Å². The summed E-state index contributed by atoms with van der Waals surface area (Å²) in [5.41, 5.74) is 5.04. The molecule has 0 heterocycles. The summed E-state index contributed by atoms with van der Waals surface area (Å²) in [6, 6.07) is 1.99. The van der Waals surface area contributed by atoms with Crippen LogP contribution in [0.1, 0.15) is 11.1 Å². The average molecular weight is 261 g/mol. The lowest BCUT2D eigenvalue weighted by Crippen LogP contribution is -2.17. The third kappa shape index (κ3) is 4.00. The van der Waals surface area contributed by atoms with E-state index in [0.29, 0.717) is 0 Å². The summed E-state index contributed by atoms with van der Waals surface area (Å²) in [5, 5.41) is 9.59. The Morgan fingerprint density at radius 2 is 2.06 bits per heavy atom. The number of halogens is 3. The molecule has 98 valence electrons. The molecule has 0 spiro atoms. The van der Waals surface area contributed by atoms with E-state index in [4.69, 9.17) is 5.73 Å². The van der Waals surface area contributed by atoms with E-state index in [2.05, 4.69) is 4.74 Å². The molecule has 4 nitrogen and oxygen atoms in total. The zero-order chi connectivity index (χ0) is 13.9. The van der Waals surface area contributed by atoms with Crippen LogP contribution < -0.4 is 10.5 Å². The fourth-order valence-corrected chi connectivity index (χ4v) is 1.26. The molecule has 7 heteroatoms. The van der Waals surface area contributed by atoms with Crippen LogP contribution in [0.5, 0.6) is 11.5 Å². The molecule has 0 saturated heterocycles. The van der Waals surface area contributed by atoms with Crippen LogP contribution in [0.25, 0.3) is 6.08 Å². The number of carbonyl (C=O) groups excluding carboxylic acids is 1. The number of ether oxygens (including phenoxy) is 1. The summed E-state index contributed by atoms with van der Waals surface area (Å²) in [5.74, 6) is -1.52. The zero-order valence-corrected chi connectivity index (χ0v) is 9.28. The third-order valence-corrected chi connectivity index (χ3v) is 1.96. The summed E-state index contributed by atoms with van der Waals surface area (Å²) in [4.78, 5) is 10.5. The summed E-state index contributed by atoms with van der Waals surface area (Å²) in [7, 11) is 0. The van der Waals surface area contributed by atoms with Crippen LogP contribution in [-0.2, 0) is 4.79 Å². The monoisotopic (exact) mass is 261 g/mol. The first-order chi connectivity index (χ1) is 8.19. The highest BCUT2D eigenvalue weighted by atomic mass is 19.4. The van der Waals surface area contributed by atoms with Gasteiger partial charge in [0.05, 0.1) is 0 Å². The maximum absolute atomic E-state index is 12.0. The number of primary amides is 1. The molecule has 0 aliphatic heterocycles. The third-order valence-electron chi connectivity index (χ3n) is 1.96. The van der Waals surface area contributed by atoms with Crippen LogP contribution >= 0.6 is 0 Å². The lowest BCUT2D eigenvalue weighted by molar-refractivity contribution is -0.274. The van der Waals surface area contributed by atoms with Crippen LogP contribution in [0.3, 0.4) is 0 Å². The summed E-state index contributed by atoms with van der Waals surface area (Å²) in [6.07, 6.45) is -2.80. The van der Waals surface area contributed by atoms with Crippen LogP contribution in [-0.4, -0.2) is 17.4 Å². The topological polar surface area (TPSA) is 72.5 Å². The molecule has 0 atom stereocenters. The Balaban J connectivity index is 3.14. The van der Waals surface area contributed by atoms with E-state index >= 15 is 0 Å². The average Bonchev–Trinajstić information content (AvgIpc) is 2.18. The van der Waals surface area contributed by atoms with E-state index < -0.39 is 18.0 Å². The van der Waals surface area contributed by atoms with Crippen molar-refractivity contribution in [2.45, 2.75) is 13.3 Å². The summed E-state index contributed by atoms with van der Waals surface area (Å²) in [6.45, 7) is 1.40. The van der Waals surface area contributed by atoms with E-state index in [1.54, 1.807) is 0 Å².